The van der Waals surface area contributed by atoms with Crippen LogP contribution in [0.15, 0.2) is 260 Å². The molecule has 9 aromatic carbocycles. The minimum atomic E-state index is -3.13. The van der Waals surface area contributed by atoms with Crippen LogP contribution in [0.3, 0.4) is 0 Å². The van der Waals surface area contributed by atoms with E-state index in [9.17, 15) is 0 Å². The van der Waals surface area contributed by atoms with Crippen LogP contribution in [-0.4, -0.2) is 30.5 Å². The molecule has 0 saturated carbocycles. The molecule has 0 atom stereocenters. The second-order valence-electron chi connectivity index (χ2n) is 18.1. The third-order valence-electron chi connectivity index (χ3n) is 14.7. The van der Waals surface area contributed by atoms with Gasteiger partial charge in [-0.2, -0.15) is 0 Å². The molecule has 1 aliphatic rings. The van der Waals surface area contributed by atoms with E-state index in [1.165, 1.54) is 52.3 Å². The maximum Gasteiger partial charge on any atom is 0.187 e. The quantitative estimate of drug-likeness (QED) is 0.0909. The molecular formula is C62H42N4OSi2. The number of anilines is 3. The SMILES string of the molecule is c1ccc([Si](c2ccccc2)(c2cccc(N3c4ccccc4[Si](c4ccccc4)(c4ccccc4)c4c3ncc3oc5ccccc5c43)c2)c2ccc3c4ccccc4n4ccnc4c3c2)cc1. The highest BCUT2D eigenvalue weighted by atomic mass is 28.3. The molecule has 14 rings (SSSR count). The fourth-order valence-corrected chi connectivity index (χ4v) is 22.0. The lowest BCUT2D eigenvalue weighted by Gasteiger charge is -2.44. The lowest BCUT2D eigenvalue weighted by atomic mass is 10.1. The summed E-state index contributed by atoms with van der Waals surface area (Å²) in [6.45, 7) is 0. The van der Waals surface area contributed by atoms with Crippen LogP contribution < -0.4 is 46.4 Å². The molecule has 7 heteroatoms. The van der Waals surface area contributed by atoms with Crippen LogP contribution in [0, 0.1) is 0 Å². The van der Waals surface area contributed by atoms with Gasteiger partial charge in [-0.05, 0) is 72.0 Å². The van der Waals surface area contributed by atoms with E-state index in [4.69, 9.17) is 14.4 Å². The first-order valence-electron chi connectivity index (χ1n) is 23.6. The van der Waals surface area contributed by atoms with Gasteiger partial charge in [-0.25, -0.2) is 9.97 Å². The van der Waals surface area contributed by atoms with Crippen molar-refractivity contribution in [3.05, 3.63) is 255 Å². The van der Waals surface area contributed by atoms with Crippen molar-refractivity contribution in [3.63, 3.8) is 0 Å². The molecule has 0 fully saturated rings. The van der Waals surface area contributed by atoms with Crippen molar-refractivity contribution >= 4 is 124 Å². The van der Waals surface area contributed by atoms with Crippen molar-refractivity contribution in [3.8, 4) is 0 Å². The Kier molecular flexibility index (Phi) is 8.86. The number of para-hydroxylation sites is 3. The Hall–Kier alpha value is -8.63. The number of hydrogen-bond acceptors (Lipinski definition) is 4. The van der Waals surface area contributed by atoms with E-state index in [1.54, 1.807) is 0 Å². The van der Waals surface area contributed by atoms with Crippen LogP contribution >= 0.6 is 0 Å². The monoisotopic (exact) mass is 914 g/mol. The molecule has 0 saturated heterocycles. The average molecular weight is 915 g/mol. The molecule has 324 valence electrons. The molecule has 0 bridgehead atoms. The number of benzene rings is 9. The van der Waals surface area contributed by atoms with Crippen molar-refractivity contribution in [2.24, 2.45) is 0 Å². The first kappa shape index (κ1) is 39.5. The first-order chi connectivity index (χ1) is 34.2. The van der Waals surface area contributed by atoms with E-state index in [0.717, 1.165) is 55.7 Å². The molecule has 0 N–H and O–H groups in total. The highest BCUT2D eigenvalue weighted by Crippen LogP contribution is 2.41. The Morgan fingerprint density at radius 1 is 0.449 bits per heavy atom. The van der Waals surface area contributed by atoms with Gasteiger partial charge in [-0.15, -0.1) is 0 Å². The Morgan fingerprint density at radius 2 is 1.06 bits per heavy atom. The Labute approximate surface area is 400 Å². The first-order valence-corrected chi connectivity index (χ1v) is 27.6. The molecule has 0 unspecified atom stereocenters. The summed E-state index contributed by atoms with van der Waals surface area (Å²) >= 11 is 0. The Morgan fingerprint density at radius 3 is 1.80 bits per heavy atom. The smallest absolute Gasteiger partial charge is 0.187 e. The van der Waals surface area contributed by atoms with Crippen molar-refractivity contribution in [1.82, 2.24) is 14.4 Å². The zero-order valence-corrected chi connectivity index (χ0v) is 39.4. The number of aromatic nitrogens is 3. The van der Waals surface area contributed by atoms with Gasteiger partial charge in [0.2, 0.25) is 0 Å². The third kappa shape index (κ3) is 5.63. The molecule has 0 amide bonds. The van der Waals surface area contributed by atoms with Crippen LogP contribution in [0.4, 0.5) is 17.2 Å². The van der Waals surface area contributed by atoms with E-state index in [1.807, 2.05) is 12.4 Å². The van der Waals surface area contributed by atoms with Gasteiger partial charge in [-0.1, -0.05) is 206 Å². The average Bonchev–Trinajstić information content (AvgIpc) is 4.08. The molecule has 5 nitrogen and oxygen atoms in total. The number of imidazole rings is 1. The highest BCUT2D eigenvalue weighted by Gasteiger charge is 2.51. The van der Waals surface area contributed by atoms with Gasteiger partial charge in [0.1, 0.15) is 17.0 Å². The molecule has 5 heterocycles. The van der Waals surface area contributed by atoms with Crippen LogP contribution in [0.5, 0.6) is 0 Å². The van der Waals surface area contributed by atoms with Crippen molar-refractivity contribution in [2.75, 3.05) is 4.90 Å². The summed E-state index contributed by atoms with van der Waals surface area (Å²) in [6, 6.07) is 87.6. The molecule has 1 aliphatic heterocycles. The van der Waals surface area contributed by atoms with Crippen LogP contribution in [0.1, 0.15) is 0 Å². The van der Waals surface area contributed by atoms with Crippen molar-refractivity contribution < 1.29 is 4.42 Å². The lowest BCUT2D eigenvalue weighted by molar-refractivity contribution is 0.667. The molecule has 4 aromatic heterocycles. The fourth-order valence-electron chi connectivity index (χ4n) is 11.9. The van der Waals surface area contributed by atoms with E-state index in [-0.39, 0.29) is 0 Å². The number of nitrogens with zero attached hydrogens (tertiary/aromatic N) is 4. The summed E-state index contributed by atoms with van der Waals surface area (Å²) in [5.74, 6) is 0.926. The second kappa shape index (κ2) is 15.5. The number of fused-ring (bicyclic) bond motifs is 12. The topological polar surface area (TPSA) is 46.6 Å². The number of furan rings is 1. The fraction of sp³-hybridized carbons (Fsp3) is 0. The van der Waals surface area contributed by atoms with E-state index < -0.39 is 16.1 Å². The highest BCUT2D eigenvalue weighted by molar-refractivity contribution is 7.22. The number of pyridine rings is 2. The van der Waals surface area contributed by atoms with Crippen molar-refractivity contribution in [2.45, 2.75) is 0 Å². The molecule has 13 aromatic rings. The molecule has 69 heavy (non-hydrogen) atoms. The third-order valence-corrected chi connectivity index (χ3v) is 24.3. The molecule has 0 spiro atoms. The van der Waals surface area contributed by atoms with Crippen LogP contribution in [0.2, 0.25) is 0 Å². The largest absolute Gasteiger partial charge is 0.454 e. The Balaban J connectivity index is 1.09. The van der Waals surface area contributed by atoms with E-state index in [0.29, 0.717) is 0 Å². The summed E-state index contributed by atoms with van der Waals surface area (Å²) in [4.78, 5) is 13.0. The maximum atomic E-state index is 6.74. The summed E-state index contributed by atoms with van der Waals surface area (Å²) in [7, 11) is -6.25. The van der Waals surface area contributed by atoms with Gasteiger partial charge in [0, 0.05) is 50.5 Å². The minimum absolute atomic E-state index is 0.794. The predicted octanol–water partition coefficient (Wildman–Crippen LogP) is 9.47. The van der Waals surface area contributed by atoms with Crippen LogP contribution in [0.25, 0.3) is 49.3 Å². The van der Waals surface area contributed by atoms with Crippen molar-refractivity contribution in [1.29, 1.82) is 0 Å². The van der Waals surface area contributed by atoms with Gasteiger partial charge in [-0.3, -0.25) is 9.30 Å². The van der Waals surface area contributed by atoms with Gasteiger partial charge in [0.25, 0.3) is 0 Å². The standard InChI is InChI=1S/C62H42N4OSi2/c1-5-21-44(22-6-1)68(45-23-7-2-8-24-45,49-36-37-50-51-30-13-15-32-54(51)65-39-38-63-61(65)53(50)41-49)48-29-19-20-43(40-48)66-55-33-16-18-35-58(55)69(46-25-9-3-10-26-46,47-27-11-4-12-28-47)60-59-52-31-14-17-34-56(52)67-57(59)42-64-62(60)66/h1-42H. The van der Waals surface area contributed by atoms with Gasteiger partial charge in [0.15, 0.2) is 21.7 Å². The number of hydrogen-bond donors (Lipinski definition) is 0. The minimum Gasteiger partial charge on any atom is -0.454 e. The normalized spacial score (nSPS) is 13.3. The zero-order valence-electron chi connectivity index (χ0n) is 37.4. The number of rotatable bonds is 7. The molecule has 0 radical (unpaired) electrons. The Bertz CT molecular complexity index is 4020. The molecule has 0 aliphatic carbocycles. The summed E-state index contributed by atoms with van der Waals surface area (Å²) in [5, 5.41) is 16.0. The van der Waals surface area contributed by atoms with Gasteiger partial charge >= 0.3 is 0 Å². The molecular weight excluding hydrogens is 873 g/mol. The van der Waals surface area contributed by atoms with E-state index >= 15 is 0 Å². The lowest BCUT2D eigenvalue weighted by Crippen LogP contribution is -2.77. The summed E-state index contributed by atoms with van der Waals surface area (Å²) in [5.41, 5.74) is 5.94. The maximum absolute atomic E-state index is 6.74. The van der Waals surface area contributed by atoms with Crippen LogP contribution in [-0.2, 0) is 0 Å². The van der Waals surface area contributed by atoms with Gasteiger partial charge in [0.05, 0.1) is 11.7 Å². The van der Waals surface area contributed by atoms with E-state index in [2.05, 4.69) is 252 Å². The summed E-state index contributed by atoms with van der Waals surface area (Å²) in [6.07, 6.45) is 5.96. The predicted molar refractivity (Wildman–Crippen MR) is 291 cm³/mol. The zero-order chi connectivity index (χ0) is 45.5. The van der Waals surface area contributed by atoms with Gasteiger partial charge < -0.3 is 4.42 Å². The summed E-state index contributed by atoms with van der Waals surface area (Å²) < 4.78 is 8.98. The second-order valence-corrected chi connectivity index (χ2v) is 25.6.